The summed E-state index contributed by atoms with van der Waals surface area (Å²) >= 11 is 0. The number of sulfonamides is 1. The molecule has 1 aromatic carbocycles. The summed E-state index contributed by atoms with van der Waals surface area (Å²) in [5.74, 6) is -0.253. The first-order chi connectivity index (χ1) is 8.95. The second-order valence-electron chi connectivity index (χ2n) is 4.62. The van der Waals surface area contributed by atoms with Crippen LogP contribution in [0.1, 0.15) is 24.1 Å². The van der Waals surface area contributed by atoms with Crippen molar-refractivity contribution >= 4 is 15.9 Å². The molecule has 0 aliphatic carbocycles. The number of nitrogens with zero attached hydrogens (tertiary/aromatic N) is 1. The molecule has 6 heteroatoms. The molecule has 0 bridgehead atoms. The van der Waals surface area contributed by atoms with Gasteiger partial charge in [0.1, 0.15) is 6.04 Å². The van der Waals surface area contributed by atoms with Crippen LogP contribution >= 0.6 is 0 Å². The van der Waals surface area contributed by atoms with E-state index in [1.807, 2.05) is 25.1 Å². The van der Waals surface area contributed by atoms with Gasteiger partial charge < -0.3 is 5.32 Å². The predicted octanol–water partition coefficient (Wildman–Crippen LogP) is 0.818. The zero-order valence-electron chi connectivity index (χ0n) is 11.1. The van der Waals surface area contributed by atoms with E-state index in [-0.39, 0.29) is 11.7 Å². The van der Waals surface area contributed by atoms with Crippen molar-refractivity contribution in [2.45, 2.75) is 19.9 Å². The standard InChI is InChI=1S/C13H18N2O3S/c1-3-19(17,18)15-8-7-14-13(16)12(15)11-6-4-5-10(2)9-11/h4-6,9,12H,3,7-8H2,1-2H3,(H,14,16). The quantitative estimate of drug-likeness (QED) is 0.892. The second-order valence-corrected chi connectivity index (χ2v) is 6.83. The van der Waals surface area contributed by atoms with E-state index in [4.69, 9.17) is 0 Å². The van der Waals surface area contributed by atoms with E-state index in [9.17, 15) is 13.2 Å². The first-order valence-electron chi connectivity index (χ1n) is 6.29. The largest absolute Gasteiger partial charge is 0.353 e. The minimum absolute atomic E-state index is 0.00258. The van der Waals surface area contributed by atoms with Crippen LogP contribution in [0.25, 0.3) is 0 Å². The highest BCUT2D eigenvalue weighted by atomic mass is 32.2. The average Bonchev–Trinajstić information content (AvgIpc) is 2.38. The van der Waals surface area contributed by atoms with Gasteiger partial charge in [0.2, 0.25) is 15.9 Å². The maximum Gasteiger partial charge on any atom is 0.243 e. The van der Waals surface area contributed by atoms with Crippen molar-refractivity contribution in [3.05, 3.63) is 35.4 Å². The van der Waals surface area contributed by atoms with Crippen LogP contribution in [0.4, 0.5) is 0 Å². The molecule has 1 fully saturated rings. The Morgan fingerprint density at radius 2 is 2.16 bits per heavy atom. The lowest BCUT2D eigenvalue weighted by Gasteiger charge is -2.34. The summed E-state index contributed by atoms with van der Waals surface area (Å²) in [6.45, 7) is 4.19. The van der Waals surface area contributed by atoms with Gasteiger partial charge in [-0.2, -0.15) is 4.31 Å². The van der Waals surface area contributed by atoms with Gasteiger partial charge in [-0.1, -0.05) is 29.8 Å². The maximum absolute atomic E-state index is 12.1. The fraction of sp³-hybridized carbons (Fsp3) is 0.462. The van der Waals surface area contributed by atoms with Gasteiger partial charge in [-0.3, -0.25) is 4.79 Å². The molecule has 1 saturated heterocycles. The minimum Gasteiger partial charge on any atom is -0.353 e. The molecular weight excluding hydrogens is 264 g/mol. The van der Waals surface area contributed by atoms with E-state index >= 15 is 0 Å². The SMILES string of the molecule is CCS(=O)(=O)N1CCNC(=O)C1c1cccc(C)c1. The average molecular weight is 282 g/mol. The van der Waals surface area contributed by atoms with Gasteiger partial charge in [0.15, 0.2) is 0 Å². The van der Waals surface area contributed by atoms with E-state index in [2.05, 4.69) is 5.32 Å². The highest BCUT2D eigenvalue weighted by molar-refractivity contribution is 7.89. The van der Waals surface area contributed by atoms with Gasteiger partial charge in [-0.05, 0) is 19.4 Å². The first-order valence-corrected chi connectivity index (χ1v) is 7.90. The predicted molar refractivity (Wildman–Crippen MR) is 73.1 cm³/mol. The summed E-state index contributed by atoms with van der Waals surface area (Å²) in [7, 11) is -3.39. The number of amides is 1. The van der Waals surface area contributed by atoms with Crippen LogP contribution in [0, 0.1) is 6.92 Å². The minimum atomic E-state index is -3.39. The summed E-state index contributed by atoms with van der Waals surface area (Å²) in [6, 6.07) is 6.65. The van der Waals surface area contributed by atoms with Crippen LogP contribution in [-0.4, -0.2) is 37.5 Å². The van der Waals surface area contributed by atoms with Crippen molar-refractivity contribution in [3.8, 4) is 0 Å². The van der Waals surface area contributed by atoms with Crippen molar-refractivity contribution in [3.63, 3.8) is 0 Å². The van der Waals surface area contributed by atoms with E-state index in [0.29, 0.717) is 18.7 Å². The Kier molecular flexibility index (Phi) is 3.91. The molecule has 1 aliphatic rings. The summed E-state index contributed by atoms with van der Waals surface area (Å²) in [5, 5.41) is 2.73. The Hall–Kier alpha value is -1.40. The number of benzene rings is 1. The van der Waals surface area contributed by atoms with Gasteiger partial charge in [-0.25, -0.2) is 8.42 Å². The van der Waals surface area contributed by atoms with E-state index in [0.717, 1.165) is 5.56 Å². The smallest absolute Gasteiger partial charge is 0.243 e. The molecule has 0 saturated carbocycles. The Balaban J connectivity index is 2.45. The molecule has 1 unspecified atom stereocenters. The molecule has 1 heterocycles. The first kappa shape index (κ1) is 14.0. The number of carbonyl (C=O) groups is 1. The van der Waals surface area contributed by atoms with Crippen LogP contribution in [-0.2, 0) is 14.8 Å². The lowest BCUT2D eigenvalue weighted by molar-refractivity contribution is -0.126. The van der Waals surface area contributed by atoms with Crippen molar-refractivity contribution in [2.24, 2.45) is 0 Å². The number of carbonyl (C=O) groups excluding carboxylic acids is 1. The van der Waals surface area contributed by atoms with Crippen LogP contribution in [0.5, 0.6) is 0 Å². The third kappa shape index (κ3) is 2.79. The third-order valence-electron chi connectivity index (χ3n) is 3.25. The molecule has 0 spiro atoms. The molecule has 0 aromatic heterocycles. The van der Waals surface area contributed by atoms with Crippen LogP contribution < -0.4 is 5.32 Å². The number of aryl methyl sites for hydroxylation is 1. The summed E-state index contributed by atoms with van der Waals surface area (Å²) in [4.78, 5) is 12.1. The van der Waals surface area contributed by atoms with Crippen molar-refractivity contribution in [1.29, 1.82) is 0 Å². The molecule has 5 nitrogen and oxygen atoms in total. The highest BCUT2D eigenvalue weighted by Gasteiger charge is 2.37. The Bertz CT molecular complexity index is 583. The second kappa shape index (κ2) is 5.30. The van der Waals surface area contributed by atoms with Crippen LogP contribution in [0.3, 0.4) is 0 Å². The number of rotatable bonds is 3. The van der Waals surface area contributed by atoms with E-state index < -0.39 is 16.1 Å². The number of hydrogen-bond donors (Lipinski definition) is 1. The van der Waals surface area contributed by atoms with Crippen molar-refractivity contribution < 1.29 is 13.2 Å². The number of piperazine rings is 1. The Morgan fingerprint density at radius 3 is 2.79 bits per heavy atom. The monoisotopic (exact) mass is 282 g/mol. The molecule has 19 heavy (non-hydrogen) atoms. The molecule has 104 valence electrons. The van der Waals surface area contributed by atoms with Crippen LogP contribution in [0.15, 0.2) is 24.3 Å². The molecule has 1 amide bonds. The fourth-order valence-corrected chi connectivity index (χ4v) is 3.51. The molecule has 1 N–H and O–H groups in total. The third-order valence-corrected chi connectivity index (χ3v) is 5.09. The normalized spacial score (nSPS) is 21.2. The molecule has 0 radical (unpaired) electrons. The van der Waals surface area contributed by atoms with Gasteiger partial charge >= 0.3 is 0 Å². The highest BCUT2D eigenvalue weighted by Crippen LogP contribution is 2.26. The molecular formula is C13H18N2O3S. The lowest BCUT2D eigenvalue weighted by Crippen LogP contribution is -2.52. The maximum atomic E-state index is 12.1. The molecule has 1 aromatic rings. The molecule has 1 aliphatic heterocycles. The summed E-state index contributed by atoms with van der Waals surface area (Å²) in [6.07, 6.45) is 0. The molecule has 1 atom stereocenters. The van der Waals surface area contributed by atoms with Crippen molar-refractivity contribution in [2.75, 3.05) is 18.8 Å². The van der Waals surface area contributed by atoms with Gasteiger partial charge in [0, 0.05) is 13.1 Å². The summed E-state index contributed by atoms with van der Waals surface area (Å²) in [5.41, 5.74) is 1.72. The lowest BCUT2D eigenvalue weighted by atomic mass is 10.0. The topological polar surface area (TPSA) is 66.5 Å². The van der Waals surface area contributed by atoms with E-state index in [1.165, 1.54) is 4.31 Å². The summed E-state index contributed by atoms with van der Waals surface area (Å²) < 4.78 is 25.5. The van der Waals surface area contributed by atoms with E-state index in [1.54, 1.807) is 13.0 Å². The zero-order chi connectivity index (χ0) is 14.0. The fourth-order valence-electron chi connectivity index (χ4n) is 2.27. The zero-order valence-corrected chi connectivity index (χ0v) is 11.9. The van der Waals surface area contributed by atoms with Crippen molar-refractivity contribution in [1.82, 2.24) is 9.62 Å². The van der Waals surface area contributed by atoms with Gasteiger partial charge in [0.05, 0.1) is 5.75 Å². The Labute approximate surface area is 113 Å². The van der Waals surface area contributed by atoms with Crippen LogP contribution in [0.2, 0.25) is 0 Å². The number of hydrogen-bond acceptors (Lipinski definition) is 3. The van der Waals surface area contributed by atoms with Gasteiger partial charge in [-0.15, -0.1) is 0 Å². The Morgan fingerprint density at radius 1 is 1.42 bits per heavy atom. The van der Waals surface area contributed by atoms with Gasteiger partial charge in [0.25, 0.3) is 0 Å². The molecule has 2 rings (SSSR count). The number of nitrogens with one attached hydrogen (secondary N) is 1.